The normalized spacial score (nSPS) is 14.0. The average molecular weight is 274 g/mol. The number of fused-ring (bicyclic) bond motifs is 1. The van der Waals surface area contributed by atoms with Crippen LogP contribution in [0.15, 0.2) is 47.5 Å². The van der Waals surface area contributed by atoms with Crippen molar-refractivity contribution in [2.45, 2.75) is 6.42 Å². The quantitative estimate of drug-likeness (QED) is 0.779. The van der Waals surface area contributed by atoms with E-state index in [1.807, 2.05) is 0 Å². The number of nitrogens with zero attached hydrogens (tertiary/aromatic N) is 1. The Bertz CT molecular complexity index is 692. The highest BCUT2D eigenvalue weighted by molar-refractivity contribution is 6.30. The van der Waals surface area contributed by atoms with Gasteiger partial charge in [-0.1, -0.05) is 29.8 Å². The SMILES string of the molecule is O=C1N=C(c2ccc(Cl)cc2)Cc2c(F)cccc21. The van der Waals surface area contributed by atoms with Crippen LogP contribution < -0.4 is 0 Å². The summed E-state index contributed by atoms with van der Waals surface area (Å²) in [6.07, 6.45) is 0.315. The van der Waals surface area contributed by atoms with Gasteiger partial charge in [0.2, 0.25) is 0 Å². The Kier molecular flexibility index (Phi) is 2.91. The van der Waals surface area contributed by atoms with Gasteiger partial charge in [0.15, 0.2) is 0 Å². The largest absolute Gasteiger partial charge is 0.277 e. The molecule has 0 saturated carbocycles. The smallest absolute Gasteiger partial charge is 0.267 e. The van der Waals surface area contributed by atoms with Gasteiger partial charge in [-0.05, 0) is 29.8 Å². The number of hydrogen-bond acceptors (Lipinski definition) is 1. The predicted molar refractivity (Wildman–Crippen MR) is 72.4 cm³/mol. The van der Waals surface area contributed by atoms with Gasteiger partial charge < -0.3 is 0 Å². The summed E-state index contributed by atoms with van der Waals surface area (Å²) in [4.78, 5) is 15.9. The molecule has 0 unspecified atom stereocenters. The molecule has 0 bridgehead atoms. The van der Waals surface area contributed by atoms with Gasteiger partial charge in [-0.15, -0.1) is 0 Å². The van der Waals surface area contributed by atoms with Gasteiger partial charge in [0, 0.05) is 22.6 Å². The van der Waals surface area contributed by atoms with Crippen molar-refractivity contribution < 1.29 is 9.18 Å². The van der Waals surface area contributed by atoms with E-state index >= 15 is 0 Å². The van der Waals surface area contributed by atoms with Gasteiger partial charge in [-0.3, -0.25) is 4.79 Å². The second-order valence-corrected chi connectivity index (χ2v) is 4.75. The van der Waals surface area contributed by atoms with Gasteiger partial charge in [0.25, 0.3) is 5.91 Å². The molecule has 0 N–H and O–H groups in total. The fourth-order valence-electron chi connectivity index (χ4n) is 2.14. The number of benzene rings is 2. The van der Waals surface area contributed by atoms with Crippen molar-refractivity contribution in [3.8, 4) is 0 Å². The molecular weight excluding hydrogens is 265 g/mol. The zero-order chi connectivity index (χ0) is 13.4. The number of carbonyl (C=O) groups excluding carboxylic acids is 1. The lowest BCUT2D eigenvalue weighted by Crippen LogP contribution is -2.18. The molecule has 1 heterocycles. The summed E-state index contributed by atoms with van der Waals surface area (Å²) < 4.78 is 13.8. The van der Waals surface area contributed by atoms with E-state index in [1.165, 1.54) is 12.1 Å². The van der Waals surface area contributed by atoms with E-state index in [-0.39, 0.29) is 5.82 Å². The molecule has 0 spiro atoms. The highest BCUT2D eigenvalue weighted by Gasteiger charge is 2.22. The standard InChI is InChI=1S/C15H9ClFNO/c16-10-6-4-9(5-7-10)14-8-12-11(15(19)18-14)2-1-3-13(12)17/h1-7H,8H2. The Hall–Kier alpha value is -2.00. The van der Waals surface area contributed by atoms with Crippen molar-refractivity contribution >= 4 is 23.2 Å². The Morgan fingerprint density at radius 1 is 1.11 bits per heavy atom. The first kappa shape index (κ1) is 12.1. The molecule has 3 rings (SSSR count). The van der Waals surface area contributed by atoms with Crippen LogP contribution in [0, 0.1) is 5.82 Å². The number of halogens is 2. The number of aliphatic imine (C=N–C) groups is 1. The molecule has 0 radical (unpaired) electrons. The Balaban J connectivity index is 2.06. The van der Waals surface area contributed by atoms with E-state index in [9.17, 15) is 9.18 Å². The third-order valence-corrected chi connectivity index (χ3v) is 3.36. The van der Waals surface area contributed by atoms with Crippen molar-refractivity contribution in [2.24, 2.45) is 4.99 Å². The molecule has 0 saturated heterocycles. The van der Waals surface area contributed by atoms with Crippen LogP contribution in [0.5, 0.6) is 0 Å². The van der Waals surface area contributed by atoms with Crippen LogP contribution in [0.3, 0.4) is 0 Å². The van der Waals surface area contributed by atoms with Gasteiger partial charge in [0.1, 0.15) is 5.82 Å². The maximum absolute atomic E-state index is 13.8. The zero-order valence-electron chi connectivity index (χ0n) is 9.86. The molecule has 2 aromatic rings. The molecule has 4 heteroatoms. The lowest BCUT2D eigenvalue weighted by atomic mass is 9.94. The van der Waals surface area contributed by atoms with E-state index in [1.54, 1.807) is 30.3 Å². The maximum Gasteiger partial charge on any atom is 0.277 e. The predicted octanol–water partition coefficient (Wildman–Crippen LogP) is 3.66. The fraction of sp³-hybridized carbons (Fsp3) is 0.0667. The van der Waals surface area contributed by atoms with Crippen LogP contribution in [-0.4, -0.2) is 11.6 Å². The van der Waals surface area contributed by atoms with E-state index < -0.39 is 5.91 Å². The monoisotopic (exact) mass is 273 g/mol. The maximum atomic E-state index is 13.8. The van der Waals surface area contributed by atoms with Crippen LogP contribution in [0.1, 0.15) is 21.5 Å². The van der Waals surface area contributed by atoms with Crippen molar-refractivity contribution in [1.29, 1.82) is 0 Å². The summed E-state index contributed by atoms with van der Waals surface area (Å²) in [5.41, 5.74) is 2.11. The first-order valence-corrected chi connectivity index (χ1v) is 6.18. The minimum atomic E-state index is -0.398. The number of carbonyl (C=O) groups is 1. The van der Waals surface area contributed by atoms with Crippen LogP contribution in [0.25, 0.3) is 0 Å². The summed E-state index contributed by atoms with van der Waals surface area (Å²) in [5, 5.41) is 0.609. The molecule has 0 aliphatic carbocycles. The minimum Gasteiger partial charge on any atom is -0.267 e. The number of amides is 1. The van der Waals surface area contributed by atoms with Crippen LogP contribution in [0.4, 0.5) is 4.39 Å². The van der Waals surface area contributed by atoms with E-state index in [0.29, 0.717) is 28.3 Å². The van der Waals surface area contributed by atoms with Crippen molar-refractivity contribution in [2.75, 3.05) is 0 Å². The lowest BCUT2D eigenvalue weighted by molar-refractivity contribution is 0.0999. The molecule has 2 nitrogen and oxygen atoms in total. The van der Waals surface area contributed by atoms with Crippen LogP contribution in [-0.2, 0) is 6.42 Å². The summed E-state index contributed by atoms with van der Waals surface area (Å²) in [5.74, 6) is -0.766. The summed E-state index contributed by atoms with van der Waals surface area (Å²) in [7, 11) is 0. The first-order valence-electron chi connectivity index (χ1n) is 5.80. The fourth-order valence-corrected chi connectivity index (χ4v) is 2.26. The van der Waals surface area contributed by atoms with Gasteiger partial charge in [0.05, 0.1) is 5.71 Å². The minimum absolute atomic E-state index is 0.315. The summed E-state index contributed by atoms with van der Waals surface area (Å²) in [6.45, 7) is 0. The second kappa shape index (κ2) is 4.59. The summed E-state index contributed by atoms with van der Waals surface area (Å²) in [6, 6.07) is 11.5. The number of rotatable bonds is 1. The number of hydrogen-bond donors (Lipinski definition) is 0. The van der Waals surface area contributed by atoms with Gasteiger partial charge >= 0.3 is 0 Å². The highest BCUT2D eigenvalue weighted by atomic mass is 35.5. The van der Waals surface area contributed by atoms with Crippen molar-refractivity contribution in [1.82, 2.24) is 0 Å². The topological polar surface area (TPSA) is 29.4 Å². The Morgan fingerprint density at radius 2 is 1.84 bits per heavy atom. The van der Waals surface area contributed by atoms with Crippen LogP contribution >= 0.6 is 11.6 Å². The molecule has 0 atom stereocenters. The average Bonchev–Trinajstić information content (AvgIpc) is 2.41. The van der Waals surface area contributed by atoms with Gasteiger partial charge in [-0.2, -0.15) is 0 Å². The first-order chi connectivity index (χ1) is 9.15. The van der Waals surface area contributed by atoms with E-state index in [4.69, 9.17) is 11.6 Å². The third-order valence-electron chi connectivity index (χ3n) is 3.11. The molecule has 19 heavy (non-hydrogen) atoms. The summed E-state index contributed by atoms with van der Waals surface area (Å²) >= 11 is 5.82. The molecule has 0 aromatic heterocycles. The highest BCUT2D eigenvalue weighted by Crippen LogP contribution is 2.23. The van der Waals surface area contributed by atoms with Gasteiger partial charge in [-0.25, -0.2) is 9.38 Å². The Morgan fingerprint density at radius 3 is 2.58 bits per heavy atom. The molecule has 1 aliphatic rings. The lowest BCUT2D eigenvalue weighted by Gasteiger charge is -2.15. The van der Waals surface area contributed by atoms with E-state index in [2.05, 4.69) is 4.99 Å². The molecule has 1 amide bonds. The molecule has 94 valence electrons. The molecule has 1 aliphatic heterocycles. The Labute approximate surface area is 114 Å². The zero-order valence-corrected chi connectivity index (χ0v) is 10.6. The molecular formula is C15H9ClFNO. The second-order valence-electron chi connectivity index (χ2n) is 4.31. The van der Waals surface area contributed by atoms with Crippen molar-refractivity contribution in [3.63, 3.8) is 0 Å². The molecule has 2 aromatic carbocycles. The van der Waals surface area contributed by atoms with E-state index in [0.717, 1.165) is 5.56 Å². The molecule has 0 fully saturated rings. The van der Waals surface area contributed by atoms with Crippen molar-refractivity contribution in [3.05, 3.63) is 70.0 Å². The van der Waals surface area contributed by atoms with Crippen LogP contribution in [0.2, 0.25) is 5.02 Å². The third kappa shape index (κ3) is 2.17.